The molecule has 104 valence electrons. The number of carboxylic acids is 1. The van der Waals surface area contributed by atoms with Gasteiger partial charge in [0.15, 0.2) is 0 Å². The van der Waals surface area contributed by atoms with E-state index in [4.69, 9.17) is 16.7 Å². The predicted molar refractivity (Wildman–Crippen MR) is 75.7 cm³/mol. The zero-order valence-electron chi connectivity index (χ0n) is 11.1. The molecule has 1 unspecified atom stereocenters. The number of aromatic carboxylic acids is 1. The SMILES string of the molecule is CCCCC(C)C(=O)Nc1ccc(Cl)c(C(=O)O)c1. The highest BCUT2D eigenvalue weighted by atomic mass is 35.5. The fourth-order valence-corrected chi connectivity index (χ4v) is 1.87. The summed E-state index contributed by atoms with van der Waals surface area (Å²) in [6.07, 6.45) is 2.86. The lowest BCUT2D eigenvalue weighted by molar-refractivity contribution is -0.119. The van der Waals surface area contributed by atoms with Gasteiger partial charge in [-0.05, 0) is 24.6 Å². The van der Waals surface area contributed by atoms with Crippen LogP contribution in [0.5, 0.6) is 0 Å². The average Bonchev–Trinajstić information content (AvgIpc) is 2.37. The van der Waals surface area contributed by atoms with E-state index in [1.54, 1.807) is 6.07 Å². The van der Waals surface area contributed by atoms with E-state index in [1.165, 1.54) is 12.1 Å². The number of nitrogens with one attached hydrogen (secondary N) is 1. The number of amides is 1. The van der Waals surface area contributed by atoms with E-state index in [0.29, 0.717) is 5.69 Å². The summed E-state index contributed by atoms with van der Waals surface area (Å²) in [5, 5.41) is 11.8. The summed E-state index contributed by atoms with van der Waals surface area (Å²) in [4.78, 5) is 22.8. The first-order valence-electron chi connectivity index (χ1n) is 6.29. The van der Waals surface area contributed by atoms with E-state index in [2.05, 4.69) is 12.2 Å². The molecule has 0 aliphatic rings. The van der Waals surface area contributed by atoms with Crippen LogP contribution in [0.4, 0.5) is 5.69 Å². The van der Waals surface area contributed by atoms with Gasteiger partial charge in [-0.2, -0.15) is 0 Å². The van der Waals surface area contributed by atoms with Crippen LogP contribution in [0.2, 0.25) is 5.02 Å². The third-order valence-electron chi connectivity index (χ3n) is 2.90. The van der Waals surface area contributed by atoms with Crippen molar-refractivity contribution in [3.63, 3.8) is 0 Å². The number of anilines is 1. The Morgan fingerprint density at radius 1 is 1.42 bits per heavy atom. The lowest BCUT2D eigenvalue weighted by Gasteiger charge is -2.12. The van der Waals surface area contributed by atoms with Crippen molar-refractivity contribution in [2.45, 2.75) is 33.1 Å². The first-order valence-corrected chi connectivity index (χ1v) is 6.67. The molecule has 0 fully saturated rings. The Balaban J connectivity index is 2.74. The van der Waals surface area contributed by atoms with Crippen LogP contribution in [0.3, 0.4) is 0 Å². The first kappa shape index (κ1) is 15.5. The minimum atomic E-state index is -1.11. The summed E-state index contributed by atoms with van der Waals surface area (Å²) in [6, 6.07) is 4.44. The molecular weight excluding hydrogens is 266 g/mol. The molecule has 1 aromatic rings. The standard InChI is InChI=1S/C14H18ClNO3/c1-3-4-5-9(2)13(17)16-10-6-7-12(15)11(8-10)14(18)19/h6-9H,3-5H2,1-2H3,(H,16,17)(H,18,19). The number of carbonyl (C=O) groups excluding carboxylic acids is 1. The third-order valence-corrected chi connectivity index (χ3v) is 3.23. The predicted octanol–water partition coefficient (Wildman–Crippen LogP) is 3.80. The molecule has 0 aliphatic carbocycles. The molecule has 1 aromatic carbocycles. The van der Waals surface area contributed by atoms with Gasteiger partial charge in [-0.15, -0.1) is 0 Å². The maximum atomic E-state index is 11.9. The molecule has 4 nitrogen and oxygen atoms in total. The normalized spacial score (nSPS) is 11.9. The maximum Gasteiger partial charge on any atom is 0.337 e. The van der Waals surface area contributed by atoms with E-state index < -0.39 is 5.97 Å². The van der Waals surface area contributed by atoms with Gasteiger partial charge >= 0.3 is 5.97 Å². The Hall–Kier alpha value is -1.55. The number of unbranched alkanes of at least 4 members (excludes halogenated alkanes) is 1. The molecule has 0 aromatic heterocycles. The van der Waals surface area contributed by atoms with E-state index >= 15 is 0 Å². The number of hydrogen-bond donors (Lipinski definition) is 2. The summed E-state index contributed by atoms with van der Waals surface area (Å²) in [5.74, 6) is -1.31. The van der Waals surface area contributed by atoms with E-state index in [9.17, 15) is 9.59 Å². The summed E-state index contributed by atoms with van der Waals surface area (Å²) in [6.45, 7) is 3.93. The molecule has 5 heteroatoms. The van der Waals surface area contributed by atoms with Crippen molar-refractivity contribution < 1.29 is 14.7 Å². The van der Waals surface area contributed by atoms with Gasteiger partial charge in [0.1, 0.15) is 0 Å². The topological polar surface area (TPSA) is 66.4 Å². The molecule has 1 atom stereocenters. The molecule has 0 saturated carbocycles. The van der Waals surface area contributed by atoms with Gasteiger partial charge in [0.25, 0.3) is 0 Å². The van der Waals surface area contributed by atoms with Gasteiger partial charge in [0.05, 0.1) is 10.6 Å². The van der Waals surface area contributed by atoms with Crippen molar-refractivity contribution in [2.24, 2.45) is 5.92 Å². The Kier molecular flexibility index (Phi) is 5.83. The largest absolute Gasteiger partial charge is 0.478 e. The Labute approximate surface area is 117 Å². The molecule has 2 N–H and O–H groups in total. The Morgan fingerprint density at radius 2 is 2.11 bits per heavy atom. The Bertz CT molecular complexity index is 474. The number of carboxylic acid groups (broad SMARTS) is 1. The maximum absolute atomic E-state index is 11.9. The molecule has 19 heavy (non-hydrogen) atoms. The summed E-state index contributed by atoms with van der Waals surface area (Å²) in [5.41, 5.74) is 0.441. The lowest BCUT2D eigenvalue weighted by atomic mass is 10.0. The molecule has 0 bridgehead atoms. The monoisotopic (exact) mass is 283 g/mol. The van der Waals surface area contributed by atoms with Crippen molar-refractivity contribution in [3.8, 4) is 0 Å². The number of rotatable bonds is 6. The van der Waals surface area contributed by atoms with Crippen molar-refractivity contribution in [1.82, 2.24) is 0 Å². The van der Waals surface area contributed by atoms with Crippen LogP contribution in [0, 0.1) is 5.92 Å². The van der Waals surface area contributed by atoms with Gasteiger partial charge in [-0.3, -0.25) is 4.79 Å². The van der Waals surface area contributed by atoms with E-state index in [0.717, 1.165) is 19.3 Å². The van der Waals surface area contributed by atoms with Gasteiger partial charge in [-0.25, -0.2) is 4.79 Å². The summed E-state index contributed by atoms with van der Waals surface area (Å²) < 4.78 is 0. The van der Waals surface area contributed by atoms with Gasteiger partial charge in [0.2, 0.25) is 5.91 Å². The van der Waals surface area contributed by atoms with Crippen molar-refractivity contribution in [2.75, 3.05) is 5.32 Å². The zero-order chi connectivity index (χ0) is 14.4. The molecule has 0 saturated heterocycles. The lowest BCUT2D eigenvalue weighted by Crippen LogP contribution is -2.20. The zero-order valence-corrected chi connectivity index (χ0v) is 11.8. The number of hydrogen-bond acceptors (Lipinski definition) is 2. The number of halogens is 1. The molecule has 1 amide bonds. The van der Waals surface area contributed by atoms with Crippen molar-refractivity contribution >= 4 is 29.2 Å². The second kappa shape index (κ2) is 7.14. The summed E-state index contributed by atoms with van der Waals surface area (Å²) in [7, 11) is 0. The quantitative estimate of drug-likeness (QED) is 0.834. The highest BCUT2D eigenvalue weighted by Gasteiger charge is 2.14. The Morgan fingerprint density at radius 3 is 2.68 bits per heavy atom. The average molecular weight is 284 g/mol. The molecule has 0 spiro atoms. The van der Waals surface area contributed by atoms with Crippen LogP contribution in [0.15, 0.2) is 18.2 Å². The number of carbonyl (C=O) groups is 2. The fraction of sp³-hybridized carbons (Fsp3) is 0.429. The van der Waals surface area contributed by atoms with Crippen LogP contribution in [0.25, 0.3) is 0 Å². The smallest absolute Gasteiger partial charge is 0.337 e. The van der Waals surface area contributed by atoms with Crippen LogP contribution in [-0.4, -0.2) is 17.0 Å². The minimum Gasteiger partial charge on any atom is -0.478 e. The van der Waals surface area contributed by atoms with Crippen molar-refractivity contribution in [1.29, 1.82) is 0 Å². The second-order valence-electron chi connectivity index (χ2n) is 4.53. The van der Waals surface area contributed by atoms with Crippen LogP contribution < -0.4 is 5.32 Å². The van der Waals surface area contributed by atoms with E-state index in [-0.39, 0.29) is 22.4 Å². The van der Waals surface area contributed by atoms with Gasteiger partial charge in [0, 0.05) is 11.6 Å². The molecule has 0 heterocycles. The van der Waals surface area contributed by atoms with Gasteiger partial charge in [-0.1, -0.05) is 38.3 Å². The van der Waals surface area contributed by atoms with Crippen LogP contribution in [0.1, 0.15) is 43.5 Å². The van der Waals surface area contributed by atoms with E-state index in [1.807, 2.05) is 6.92 Å². The van der Waals surface area contributed by atoms with Gasteiger partial charge < -0.3 is 10.4 Å². The molecule has 0 aliphatic heterocycles. The molecule has 1 rings (SSSR count). The van der Waals surface area contributed by atoms with Crippen LogP contribution in [-0.2, 0) is 4.79 Å². The number of benzene rings is 1. The fourth-order valence-electron chi connectivity index (χ4n) is 1.67. The molecule has 0 radical (unpaired) electrons. The third kappa shape index (κ3) is 4.56. The first-order chi connectivity index (χ1) is 8.95. The second-order valence-corrected chi connectivity index (χ2v) is 4.94. The minimum absolute atomic E-state index is 0.0133. The highest BCUT2D eigenvalue weighted by molar-refractivity contribution is 6.33. The summed E-state index contributed by atoms with van der Waals surface area (Å²) >= 11 is 5.77. The highest BCUT2D eigenvalue weighted by Crippen LogP contribution is 2.21. The van der Waals surface area contributed by atoms with Crippen LogP contribution >= 0.6 is 11.6 Å². The molecular formula is C14H18ClNO3. The van der Waals surface area contributed by atoms with Crippen molar-refractivity contribution in [3.05, 3.63) is 28.8 Å².